The van der Waals surface area contributed by atoms with Gasteiger partial charge in [-0.1, -0.05) is 13.8 Å². The second-order valence-electron chi connectivity index (χ2n) is 10.0. The Labute approximate surface area is 194 Å². The molecule has 2 aliphatic heterocycles. The maximum Gasteiger partial charge on any atom is 0.175 e. The number of halogens is 1. The number of Topliss-reactive ketones (excluding diaryl/α,β-unsaturated/α-hetero) is 1. The molecule has 2 aliphatic rings. The molecule has 5 rings (SSSR count). The van der Waals surface area contributed by atoms with Gasteiger partial charge in [0.15, 0.2) is 11.5 Å². The molecule has 0 spiro atoms. The van der Waals surface area contributed by atoms with Gasteiger partial charge in [0.1, 0.15) is 5.82 Å². The molecule has 0 amide bonds. The first-order valence-electron chi connectivity index (χ1n) is 12.2. The van der Waals surface area contributed by atoms with Crippen molar-refractivity contribution in [3.05, 3.63) is 42.2 Å². The molecule has 5 heterocycles. The molecule has 0 atom stereocenters. The summed E-state index contributed by atoms with van der Waals surface area (Å²) >= 11 is 0. The van der Waals surface area contributed by atoms with Crippen LogP contribution < -0.4 is 0 Å². The fourth-order valence-electron chi connectivity index (χ4n) is 5.15. The third kappa shape index (κ3) is 4.56. The number of nitrogens with zero attached hydrogens (tertiary/aromatic N) is 5. The second-order valence-corrected chi connectivity index (χ2v) is 10.0. The van der Waals surface area contributed by atoms with Crippen LogP contribution in [0.15, 0.2) is 30.7 Å². The predicted octanol–water partition coefficient (Wildman–Crippen LogP) is 4.40. The number of aromatic nitrogens is 4. The molecule has 7 heteroatoms. The molecule has 33 heavy (non-hydrogen) atoms. The van der Waals surface area contributed by atoms with Crippen molar-refractivity contribution in [3.63, 3.8) is 0 Å². The van der Waals surface area contributed by atoms with E-state index in [0.717, 1.165) is 53.9 Å². The Morgan fingerprint density at radius 2 is 1.82 bits per heavy atom. The minimum atomic E-state index is -1.75. The van der Waals surface area contributed by atoms with E-state index in [9.17, 15) is 4.79 Å². The van der Waals surface area contributed by atoms with Crippen LogP contribution in [0.1, 0.15) is 51.0 Å². The van der Waals surface area contributed by atoms with E-state index in [4.69, 9.17) is 0 Å². The summed E-state index contributed by atoms with van der Waals surface area (Å²) in [5.74, 6) is 1.31. The van der Waals surface area contributed by atoms with Crippen LogP contribution in [-0.4, -0.2) is 55.5 Å². The van der Waals surface area contributed by atoms with Crippen molar-refractivity contribution < 1.29 is 9.18 Å². The first kappa shape index (κ1) is 22.1. The zero-order valence-electron chi connectivity index (χ0n) is 19.6. The maximum absolute atomic E-state index is 15.5. The van der Waals surface area contributed by atoms with Crippen molar-refractivity contribution in [2.45, 2.75) is 64.6 Å². The molecule has 174 valence electrons. The van der Waals surface area contributed by atoms with Gasteiger partial charge < -0.3 is 9.47 Å². The zero-order valence-corrected chi connectivity index (χ0v) is 19.6. The van der Waals surface area contributed by atoms with Crippen LogP contribution in [-0.2, 0) is 24.2 Å². The van der Waals surface area contributed by atoms with Crippen LogP contribution >= 0.6 is 0 Å². The smallest absolute Gasteiger partial charge is 0.175 e. The number of pyridine rings is 2. The molecule has 0 radical (unpaired) electrons. The van der Waals surface area contributed by atoms with E-state index in [1.54, 1.807) is 6.20 Å². The maximum atomic E-state index is 15.5. The highest BCUT2D eigenvalue weighted by molar-refractivity contribution is 5.90. The van der Waals surface area contributed by atoms with Crippen molar-refractivity contribution in [3.8, 4) is 11.4 Å². The molecule has 0 bridgehead atoms. The number of aryl methyl sites for hydroxylation is 1. The quantitative estimate of drug-likeness (QED) is 0.558. The number of hydrogen-bond acceptors (Lipinski definition) is 5. The molecule has 3 aromatic heterocycles. The molecule has 0 unspecified atom stereocenters. The molecule has 1 fully saturated rings. The lowest BCUT2D eigenvalue weighted by atomic mass is 9.86. The Hall–Kier alpha value is -2.67. The molecule has 0 saturated carbocycles. The molecule has 0 N–H and O–H groups in total. The van der Waals surface area contributed by atoms with Gasteiger partial charge in [0.25, 0.3) is 0 Å². The van der Waals surface area contributed by atoms with Gasteiger partial charge in [-0.05, 0) is 36.3 Å². The Bertz CT molecular complexity index is 1160. The average Bonchev–Trinajstić information content (AvgIpc) is 3.24. The third-order valence-corrected chi connectivity index (χ3v) is 7.01. The molecule has 0 aliphatic carbocycles. The lowest BCUT2D eigenvalue weighted by Crippen LogP contribution is -2.47. The predicted molar refractivity (Wildman–Crippen MR) is 127 cm³/mol. The number of rotatable bonds is 6. The molecule has 3 aromatic rings. The van der Waals surface area contributed by atoms with Crippen molar-refractivity contribution in [2.75, 3.05) is 19.6 Å². The third-order valence-electron chi connectivity index (χ3n) is 7.01. The number of carbonyl (C=O) groups excluding carboxylic acids is 1. The number of ketones is 1. The number of hydrogen-bond donors (Lipinski definition) is 0. The second kappa shape index (κ2) is 8.93. The molecule has 1 saturated heterocycles. The first-order chi connectivity index (χ1) is 15.9. The number of imidazole rings is 1. The van der Waals surface area contributed by atoms with Crippen molar-refractivity contribution in [1.29, 1.82) is 0 Å². The van der Waals surface area contributed by atoms with Crippen LogP contribution in [0.4, 0.5) is 4.39 Å². The van der Waals surface area contributed by atoms with Crippen LogP contribution in [0.3, 0.4) is 0 Å². The standard InChI is InChI=1S/C26H32FN5O/c1-18(2)17-31-9-6-26(27,7-10-31)24(33)13-21-11-19-12-22(29-15-20(19)14-28-21)23-16-30-25-5-3-4-8-32(23)25/h11-12,14-16,18H,3-10,13,17H2,1-2H3. The Kier molecular flexibility index (Phi) is 5.99. The number of alkyl halides is 1. The molecular weight excluding hydrogens is 417 g/mol. The van der Waals surface area contributed by atoms with E-state index < -0.39 is 5.67 Å². The zero-order chi connectivity index (χ0) is 23.0. The Balaban J connectivity index is 1.33. The van der Waals surface area contributed by atoms with E-state index in [0.29, 0.717) is 24.7 Å². The number of likely N-dealkylation sites (tertiary alicyclic amines) is 1. The van der Waals surface area contributed by atoms with E-state index >= 15 is 4.39 Å². The monoisotopic (exact) mass is 449 g/mol. The van der Waals surface area contributed by atoms with Crippen LogP contribution in [0, 0.1) is 5.92 Å². The molecular formula is C26H32FN5O. The van der Waals surface area contributed by atoms with Gasteiger partial charge in [-0.2, -0.15) is 0 Å². The Morgan fingerprint density at radius 1 is 1.03 bits per heavy atom. The minimum absolute atomic E-state index is 0.0242. The summed E-state index contributed by atoms with van der Waals surface area (Å²) in [7, 11) is 0. The number of piperidine rings is 1. The van der Waals surface area contributed by atoms with Gasteiger partial charge in [0.2, 0.25) is 0 Å². The molecule has 0 aromatic carbocycles. The fourth-order valence-corrected chi connectivity index (χ4v) is 5.15. The van der Waals surface area contributed by atoms with Crippen molar-refractivity contribution in [1.82, 2.24) is 24.4 Å². The fraction of sp³-hybridized carbons (Fsp3) is 0.538. The van der Waals surface area contributed by atoms with Gasteiger partial charge in [-0.25, -0.2) is 9.37 Å². The van der Waals surface area contributed by atoms with E-state index in [1.807, 2.05) is 24.5 Å². The first-order valence-corrected chi connectivity index (χ1v) is 12.2. The number of carbonyl (C=O) groups is 1. The highest BCUT2D eigenvalue weighted by atomic mass is 19.1. The van der Waals surface area contributed by atoms with Gasteiger partial charge in [-0.3, -0.25) is 14.8 Å². The van der Waals surface area contributed by atoms with Crippen LogP contribution in [0.5, 0.6) is 0 Å². The van der Waals surface area contributed by atoms with Gasteiger partial charge in [-0.15, -0.1) is 0 Å². The topological polar surface area (TPSA) is 63.9 Å². The highest BCUT2D eigenvalue weighted by Crippen LogP contribution is 2.30. The van der Waals surface area contributed by atoms with E-state index in [2.05, 4.69) is 38.3 Å². The summed E-state index contributed by atoms with van der Waals surface area (Å²) in [6.45, 7) is 7.51. The normalized spacial score (nSPS) is 18.5. The van der Waals surface area contributed by atoms with Gasteiger partial charge >= 0.3 is 0 Å². The highest BCUT2D eigenvalue weighted by Gasteiger charge is 2.41. The minimum Gasteiger partial charge on any atom is -0.327 e. The summed E-state index contributed by atoms with van der Waals surface area (Å²) in [4.78, 5) is 28.8. The summed E-state index contributed by atoms with van der Waals surface area (Å²) in [6, 6.07) is 3.93. The van der Waals surface area contributed by atoms with Crippen LogP contribution in [0.2, 0.25) is 0 Å². The largest absolute Gasteiger partial charge is 0.327 e. The number of fused-ring (bicyclic) bond motifs is 2. The van der Waals surface area contributed by atoms with Crippen molar-refractivity contribution in [2.24, 2.45) is 5.92 Å². The Morgan fingerprint density at radius 3 is 2.61 bits per heavy atom. The van der Waals surface area contributed by atoms with Gasteiger partial charge in [0, 0.05) is 68.9 Å². The molecule has 6 nitrogen and oxygen atoms in total. The van der Waals surface area contributed by atoms with Crippen molar-refractivity contribution >= 4 is 16.6 Å². The summed E-state index contributed by atoms with van der Waals surface area (Å²) in [5, 5.41) is 1.87. The average molecular weight is 450 g/mol. The lowest BCUT2D eigenvalue weighted by molar-refractivity contribution is -0.133. The SMILES string of the molecule is CC(C)CN1CCC(F)(C(=O)Cc2cc3cc(-c4cnc5n4CCCC5)ncc3cn2)CC1. The van der Waals surface area contributed by atoms with E-state index in [-0.39, 0.29) is 25.0 Å². The lowest BCUT2D eigenvalue weighted by Gasteiger charge is -2.36. The summed E-state index contributed by atoms with van der Waals surface area (Å²) < 4.78 is 17.7. The van der Waals surface area contributed by atoms with Crippen LogP contribution in [0.25, 0.3) is 22.2 Å². The summed E-state index contributed by atoms with van der Waals surface area (Å²) in [5.41, 5.74) is 0.758. The van der Waals surface area contributed by atoms with E-state index in [1.165, 1.54) is 6.42 Å². The van der Waals surface area contributed by atoms with Gasteiger partial charge in [0.05, 0.1) is 24.0 Å². The summed E-state index contributed by atoms with van der Waals surface area (Å²) in [6.07, 6.45) is 9.35.